The van der Waals surface area contributed by atoms with Crippen molar-refractivity contribution in [1.29, 1.82) is 0 Å². The van der Waals surface area contributed by atoms with Crippen LogP contribution in [0.1, 0.15) is 30.5 Å². The van der Waals surface area contributed by atoms with Crippen LogP contribution in [0.15, 0.2) is 36.4 Å². The van der Waals surface area contributed by atoms with Gasteiger partial charge in [-0.05, 0) is 54.1 Å². The Morgan fingerprint density at radius 3 is 2.39 bits per heavy atom. The molecule has 1 fully saturated rings. The number of rotatable bonds is 3. The maximum absolute atomic E-state index is 3.52. The molecule has 0 amide bonds. The van der Waals surface area contributed by atoms with Crippen molar-refractivity contribution in [2.75, 3.05) is 7.05 Å². The predicted octanol–water partition coefficient (Wildman–Crippen LogP) is 4.06. The molecule has 1 aliphatic rings. The molecule has 0 heterocycles. The molecule has 1 nitrogen and oxygen atoms in total. The maximum Gasteiger partial charge on any atom is 0.0355 e. The highest BCUT2D eigenvalue weighted by atomic mass is 14.9. The minimum atomic E-state index is 0.505. The minimum Gasteiger partial charge on any atom is -0.313 e. The molecule has 94 valence electrons. The summed E-state index contributed by atoms with van der Waals surface area (Å²) in [5.41, 5.74) is 2.83. The van der Waals surface area contributed by atoms with E-state index < -0.39 is 0 Å². The van der Waals surface area contributed by atoms with E-state index in [1.165, 1.54) is 28.3 Å². The van der Waals surface area contributed by atoms with Gasteiger partial charge in [0.1, 0.15) is 0 Å². The van der Waals surface area contributed by atoms with Crippen LogP contribution in [0.3, 0.4) is 0 Å². The third kappa shape index (κ3) is 1.83. The first kappa shape index (κ1) is 11.7. The molecular formula is C17H21N. The molecule has 1 saturated carbocycles. The van der Waals surface area contributed by atoms with Crippen LogP contribution in [0.4, 0.5) is 0 Å². The van der Waals surface area contributed by atoms with E-state index in [0.717, 1.165) is 11.8 Å². The molecule has 2 aromatic rings. The summed E-state index contributed by atoms with van der Waals surface area (Å²) in [6.07, 6.45) is 1.35. The van der Waals surface area contributed by atoms with Gasteiger partial charge in [-0.2, -0.15) is 0 Å². The highest BCUT2D eigenvalue weighted by molar-refractivity contribution is 5.89. The smallest absolute Gasteiger partial charge is 0.0355 e. The summed E-state index contributed by atoms with van der Waals surface area (Å²) in [6.45, 7) is 4.55. The molecule has 1 N–H and O–H groups in total. The van der Waals surface area contributed by atoms with Crippen molar-refractivity contribution >= 4 is 10.8 Å². The van der Waals surface area contributed by atoms with Gasteiger partial charge in [0.05, 0.1) is 0 Å². The molecular weight excluding hydrogens is 218 g/mol. The summed E-state index contributed by atoms with van der Waals surface area (Å²) in [5.74, 6) is 1.67. The molecule has 0 saturated heterocycles. The zero-order valence-electron chi connectivity index (χ0n) is 11.4. The quantitative estimate of drug-likeness (QED) is 0.851. The van der Waals surface area contributed by atoms with Gasteiger partial charge in [0, 0.05) is 6.04 Å². The van der Waals surface area contributed by atoms with Crippen molar-refractivity contribution in [3.63, 3.8) is 0 Å². The van der Waals surface area contributed by atoms with Crippen molar-refractivity contribution in [2.45, 2.75) is 26.3 Å². The van der Waals surface area contributed by atoms with Crippen LogP contribution in [0.5, 0.6) is 0 Å². The Morgan fingerprint density at radius 1 is 1.11 bits per heavy atom. The average Bonchev–Trinajstić information content (AvgIpc) is 3.10. The van der Waals surface area contributed by atoms with Crippen LogP contribution < -0.4 is 5.32 Å². The zero-order valence-corrected chi connectivity index (χ0v) is 11.4. The molecule has 0 bridgehead atoms. The van der Waals surface area contributed by atoms with E-state index in [-0.39, 0.29) is 0 Å². The number of nitrogens with one attached hydrogen (secondary N) is 1. The Morgan fingerprint density at radius 2 is 1.78 bits per heavy atom. The lowest BCUT2D eigenvalue weighted by molar-refractivity contribution is 0.507. The molecule has 3 atom stereocenters. The third-order valence-electron chi connectivity index (χ3n) is 4.42. The molecule has 3 unspecified atom stereocenters. The predicted molar refractivity (Wildman–Crippen MR) is 77.8 cm³/mol. The Hall–Kier alpha value is -1.34. The number of benzene rings is 2. The first-order chi connectivity index (χ1) is 8.72. The van der Waals surface area contributed by atoms with Gasteiger partial charge in [-0.1, -0.05) is 43.3 Å². The molecule has 1 aliphatic carbocycles. The van der Waals surface area contributed by atoms with E-state index >= 15 is 0 Å². The SMILES string of the molecule is CNC(c1ccc(C)c2ccccc12)C1CC1C. The van der Waals surface area contributed by atoms with Crippen molar-refractivity contribution in [2.24, 2.45) is 11.8 Å². The number of hydrogen-bond donors (Lipinski definition) is 1. The van der Waals surface area contributed by atoms with Crippen molar-refractivity contribution in [3.05, 3.63) is 47.5 Å². The average molecular weight is 239 g/mol. The van der Waals surface area contributed by atoms with Crippen LogP contribution in [-0.4, -0.2) is 7.05 Å². The fourth-order valence-electron chi connectivity index (χ4n) is 3.16. The van der Waals surface area contributed by atoms with Gasteiger partial charge < -0.3 is 5.32 Å². The molecule has 18 heavy (non-hydrogen) atoms. The monoisotopic (exact) mass is 239 g/mol. The Labute approximate surface area is 109 Å². The van der Waals surface area contributed by atoms with Gasteiger partial charge in [-0.3, -0.25) is 0 Å². The Kier molecular flexibility index (Phi) is 2.87. The zero-order chi connectivity index (χ0) is 12.7. The van der Waals surface area contributed by atoms with Crippen molar-refractivity contribution in [3.8, 4) is 0 Å². The van der Waals surface area contributed by atoms with Crippen LogP contribution in [0.2, 0.25) is 0 Å². The van der Waals surface area contributed by atoms with Crippen LogP contribution in [-0.2, 0) is 0 Å². The highest BCUT2D eigenvalue weighted by Crippen LogP contribution is 2.48. The number of aryl methyl sites for hydroxylation is 1. The summed E-state index contributed by atoms with van der Waals surface area (Å²) >= 11 is 0. The normalized spacial score (nSPS) is 24.2. The topological polar surface area (TPSA) is 12.0 Å². The largest absolute Gasteiger partial charge is 0.313 e. The minimum absolute atomic E-state index is 0.505. The van der Waals surface area contributed by atoms with E-state index in [1.54, 1.807) is 0 Å². The molecule has 3 rings (SSSR count). The summed E-state index contributed by atoms with van der Waals surface area (Å²) in [5, 5.41) is 6.33. The van der Waals surface area contributed by atoms with E-state index in [0.29, 0.717) is 6.04 Å². The van der Waals surface area contributed by atoms with Crippen LogP contribution in [0, 0.1) is 18.8 Å². The van der Waals surface area contributed by atoms with Gasteiger partial charge >= 0.3 is 0 Å². The molecule has 0 aliphatic heterocycles. The lowest BCUT2D eigenvalue weighted by Crippen LogP contribution is -2.19. The molecule has 1 heteroatoms. The van der Waals surface area contributed by atoms with Crippen LogP contribution in [0.25, 0.3) is 10.8 Å². The highest BCUT2D eigenvalue weighted by Gasteiger charge is 2.39. The number of hydrogen-bond acceptors (Lipinski definition) is 1. The van der Waals surface area contributed by atoms with Gasteiger partial charge in [0.25, 0.3) is 0 Å². The Bertz CT molecular complexity index is 573. The second-order valence-corrected chi connectivity index (χ2v) is 5.66. The van der Waals surface area contributed by atoms with Gasteiger partial charge in [0.2, 0.25) is 0 Å². The van der Waals surface area contributed by atoms with E-state index in [2.05, 4.69) is 62.6 Å². The summed E-state index contributed by atoms with van der Waals surface area (Å²) in [6, 6.07) is 13.8. The van der Waals surface area contributed by atoms with Crippen LogP contribution >= 0.6 is 0 Å². The Balaban J connectivity index is 2.14. The van der Waals surface area contributed by atoms with Crippen molar-refractivity contribution < 1.29 is 0 Å². The maximum atomic E-state index is 3.52. The number of fused-ring (bicyclic) bond motifs is 1. The molecule has 0 spiro atoms. The first-order valence-electron chi connectivity index (χ1n) is 6.88. The fourth-order valence-corrected chi connectivity index (χ4v) is 3.16. The van der Waals surface area contributed by atoms with Gasteiger partial charge in [-0.15, -0.1) is 0 Å². The standard InChI is InChI=1S/C17H21N/c1-11-8-9-15(14-7-5-4-6-13(11)14)17(18-3)16-10-12(16)2/h4-9,12,16-18H,10H2,1-3H3. The third-order valence-corrected chi connectivity index (χ3v) is 4.42. The molecule has 0 aromatic heterocycles. The fraction of sp³-hybridized carbons (Fsp3) is 0.412. The van der Waals surface area contributed by atoms with E-state index in [9.17, 15) is 0 Å². The summed E-state index contributed by atoms with van der Waals surface area (Å²) in [4.78, 5) is 0. The summed E-state index contributed by atoms with van der Waals surface area (Å²) in [7, 11) is 2.09. The first-order valence-corrected chi connectivity index (χ1v) is 6.88. The van der Waals surface area contributed by atoms with Gasteiger partial charge in [0.15, 0.2) is 0 Å². The van der Waals surface area contributed by atoms with Crippen molar-refractivity contribution in [1.82, 2.24) is 5.32 Å². The lowest BCUT2D eigenvalue weighted by atomic mass is 9.93. The lowest BCUT2D eigenvalue weighted by Gasteiger charge is -2.19. The van der Waals surface area contributed by atoms with E-state index in [4.69, 9.17) is 0 Å². The summed E-state index contributed by atoms with van der Waals surface area (Å²) < 4.78 is 0. The molecule has 0 radical (unpaired) electrons. The second kappa shape index (κ2) is 4.40. The van der Waals surface area contributed by atoms with Gasteiger partial charge in [-0.25, -0.2) is 0 Å². The van der Waals surface area contributed by atoms with E-state index in [1.807, 2.05) is 0 Å². The second-order valence-electron chi connectivity index (χ2n) is 5.66. The molecule has 2 aromatic carbocycles.